The predicted octanol–water partition coefficient (Wildman–Crippen LogP) is 3.81. The first-order valence-electron chi connectivity index (χ1n) is 9.74. The number of benzene rings is 1. The van der Waals surface area contributed by atoms with Gasteiger partial charge in [0.25, 0.3) is 5.91 Å². The van der Waals surface area contributed by atoms with E-state index in [1.54, 1.807) is 12.1 Å². The number of hydrogen-bond acceptors (Lipinski definition) is 5. The van der Waals surface area contributed by atoms with Gasteiger partial charge >= 0.3 is 0 Å². The van der Waals surface area contributed by atoms with Gasteiger partial charge in [-0.1, -0.05) is 12.2 Å². The molecule has 0 unspecified atom stereocenters. The van der Waals surface area contributed by atoms with Crippen molar-refractivity contribution < 1.29 is 19.0 Å². The first kappa shape index (κ1) is 19.3. The van der Waals surface area contributed by atoms with E-state index < -0.39 is 0 Å². The van der Waals surface area contributed by atoms with Crippen molar-refractivity contribution in [2.75, 3.05) is 19.8 Å². The summed E-state index contributed by atoms with van der Waals surface area (Å²) in [5.74, 6) is 2.88. The van der Waals surface area contributed by atoms with Crippen LogP contribution in [0.2, 0.25) is 0 Å². The van der Waals surface area contributed by atoms with Gasteiger partial charge in [0.2, 0.25) is 5.75 Å². The maximum atomic E-state index is 12.6. The lowest BCUT2D eigenvalue weighted by Crippen LogP contribution is -2.20. The van der Waals surface area contributed by atoms with Crippen molar-refractivity contribution in [3.63, 3.8) is 0 Å². The molecule has 6 heteroatoms. The predicted molar refractivity (Wildman–Crippen MR) is 105 cm³/mol. The highest BCUT2D eigenvalue weighted by Gasteiger charge is 2.34. The summed E-state index contributed by atoms with van der Waals surface area (Å²) in [7, 11) is 0. The van der Waals surface area contributed by atoms with Crippen LogP contribution in [0.25, 0.3) is 0 Å². The molecule has 27 heavy (non-hydrogen) atoms. The first-order valence-corrected chi connectivity index (χ1v) is 9.74. The highest BCUT2D eigenvalue weighted by atomic mass is 16.5. The average Bonchev–Trinajstić information content (AvgIpc) is 3.27. The molecule has 6 nitrogen and oxygen atoms in total. The van der Waals surface area contributed by atoms with Crippen molar-refractivity contribution in [2.45, 2.75) is 33.6 Å². The van der Waals surface area contributed by atoms with E-state index in [-0.39, 0.29) is 5.91 Å². The number of nitrogens with one attached hydrogen (secondary N) is 1. The Hall–Kier alpha value is -2.50. The average molecular weight is 372 g/mol. The zero-order chi connectivity index (χ0) is 19.2. The van der Waals surface area contributed by atoms with Gasteiger partial charge in [0.15, 0.2) is 11.5 Å². The number of allylic oxidation sites excluding steroid dienone is 2. The number of amides is 1. The van der Waals surface area contributed by atoms with Crippen LogP contribution in [0.1, 0.15) is 44.0 Å². The second-order valence-corrected chi connectivity index (χ2v) is 6.76. The van der Waals surface area contributed by atoms with Crippen LogP contribution in [0.4, 0.5) is 0 Å². The molecule has 2 aliphatic rings. The quantitative estimate of drug-likeness (QED) is 0.407. The van der Waals surface area contributed by atoms with Gasteiger partial charge in [-0.25, -0.2) is 5.43 Å². The van der Waals surface area contributed by atoms with Gasteiger partial charge < -0.3 is 14.2 Å². The Kier molecular flexibility index (Phi) is 6.37. The molecule has 0 saturated heterocycles. The van der Waals surface area contributed by atoms with E-state index in [9.17, 15) is 4.79 Å². The van der Waals surface area contributed by atoms with Crippen LogP contribution in [0.15, 0.2) is 29.4 Å². The summed E-state index contributed by atoms with van der Waals surface area (Å²) in [6.45, 7) is 7.08. The highest BCUT2D eigenvalue weighted by Crippen LogP contribution is 2.42. The maximum Gasteiger partial charge on any atom is 0.271 e. The van der Waals surface area contributed by atoms with Gasteiger partial charge in [-0.15, -0.1) is 0 Å². The summed E-state index contributed by atoms with van der Waals surface area (Å²) >= 11 is 0. The molecule has 0 radical (unpaired) electrons. The Labute approximate surface area is 160 Å². The van der Waals surface area contributed by atoms with E-state index in [1.807, 2.05) is 27.0 Å². The van der Waals surface area contributed by atoms with Crippen molar-refractivity contribution in [2.24, 2.45) is 22.9 Å². The number of hydrogen-bond donors (Lipinski definition) is 1. The summed E-state index contributed by atoms with van der Waals surface area (Å²) in [4.78, 5) is 12.6. The molecule has 1 aromatic carbocycles. The van der Waals surface area contributed by atoms with Crippen LogP contribution in [-0.4, -0.2) is 31.9 Å². The molecule has 1 aromatic rings. The van der Waals surface area contributed by atoms with Crippen LogP contribution in [0.3, 0.4) is 0 Å². The van der Waals surface area contributed by atoms with Crippen molar-refractivity contribution in [3.8, 4) is 17.2 Å². The Morgan fingerprint density at radius 2 is 1.74 bits per heavy atom. The highest BCUT2D eigenvalue weighted by molar-refractivity contribution is 5.95. The summed E-state index contributed by atoms with van der Waals surface area (Å²) < 4.78 is 17.0. The van der Waals surface area contributed by atoms with Crippen LogP contribution in [-0.2, 0) is 0 Å². The molecule has 0 aliphatic heterocycles. The number of ether oxygens (including phenoxy) is 3. The molecular formula is C21H28N2O4. The van der Waals surface area contributed by atoms with Crippen LogP contribution in [0.5, 0.6) is 17.2 Å². The fraction of sp³-hybridized carbons (Fsp3) is 0.524. The van der Waals surface area contributed by atoms with E-state index in [2.05, 4.69) is 22.7 Å². The zero-order valence-corrected chi connectivity index (χ0v) is 16.2. The normalized spacial score (nSPS) is 23.0. The Morgan fingerprint density at radius 3 is 2.26 bits per heavy atom. The summed E-state index contributed by atoms with van der Waals surface area (Å²) in [6.07, 6.45) is 8.75. The molecule has 146 valence electrons. The van der Waals surface area contributed by atoms with E-state index in [1.165, 1.54) is 6.42 Å². The van der Waals surface area contributed by atoms with E-state index in [0.29, 0.717) is 60.4 Å². The fourth-order valence-electron chi connectivity index (χ4n) is 3.77. The molecule has 3 rings (SSSR count). The Bertz CT molecular complexity index is 702. The van der Waals surface area contributed by atoms with Gasteiger partial charge in [0, 0.05) is 17.7 Å². The number of fused-ring (bicyclic) bond motifs is 2. The Balaban J connectivity index is 1.73. The van der Waals surface area contributed by atoms with Gasteiger partial charge in [-0.05, 0) is 57.6 Å². The monoisotopic (exact) mass is 372 g/mol. The van der Waals surface area contributed by atoms with E-state index in [4.69, 9.17) is 14.2 Å². The number of carbonyl (C=O) groups is 1. The summed E-state index contributed by atoms with van der Waals surface area (Å²) in [6, 6.07) is 3.34. The number of rotatable bonds is 9. The van der Waals surface area contributed by atoms with E-state index >= 15 is 0 Å². The van der Waals surface area contributed by atoms with Crippen molar-refractivity contribution >= 4 is 12.1 Å². The minimum Gasteiger partial charge on any atom is -0.490 e. The third-order valence-corrected chi connectivity index (χ3v) is 4.93. The van der Waals surface area contributed by atoms with Crippen LogP contribution < -0.4 is 19.6 Å². The molecule has 1 amide bonds. The summed E-state index contributed by atoms with van der Waals surface area (Å²) in [5.41, 5.74) is 3.06. The van der Waals surface area contributed by atoms with Gasteiger partial charge in [-0.3, -0.25) is 4.79 Å². The lowest BCUT2D eigenvalue weighted by atomic mass is 9.95. The molecular weight excluding hydrogens is 344 g/mol. The van der Waals surface area contributed by atoms with Gasteiger partial charge in [0.05, 0.1) is 19.8 Å². The molecule has 2 aliphatic carbocycles. The second-order valence-electron chi connectivity index (χ2n) is 6.76. The second kappa shape index (κ2) is 8.93. The standard InChI is InChI=1S/C21H28N2O4/c1-4-25-18-11-16(12-19(26-5-2)20(18)27-6-3)21(24)23-22-13-17-10-14-7-8-15(17)9-14/h7-8,11-15,17H,4-6,9-10H2,1-3H3,(H,23,24)/b22-13-/t14-,15+,17-/m1/s1. The third kappa shape index (κ3) is 4.43. The molecule has 1 saturated carbocycles. The topological polar surface area (TPSA) is 69.2 Å². The summed E-state index contributed by atoms with van der Waals surface area (Å²) in [5, 5.41) is 4.19. The molecule has 0 aromatic heterocycles. The molecule has 1 N–H and O–H groups in total. The minimum atomic E-state index is -0.296. The molecule has 3 atom stereocenters. The lowest BCUT2D eigenvalue weighted by Gasteiger charge is -2.16. The van der Waals surface area contributed by atoms with Crippen molar-refractivity contribution in [3.05, 3.63) is 29.8 Å². The maximum absolute atomic E-state index is 12.6. The minimum absolute atomic E-state index is 0.296. The molecule has 1 fully saturated rings. The SMILES string of the molecule is CCOc1cc(C(=O)N/N=C\[C@H]2C[C@@H]3C=C[C@H]2C3)cc(OCC)c1OCC. The van der Waals surface area contributed by atoms with Gasteiger partial charge in [0.1, 0.15) is 0 Å². The lowest BCUT2D eigenvalue weighted by molar-refractivity contribution is 0.0953. The van der Waals surface area contributed by atoms with Crippen LogP contribution >= 0.6 is 0 Å². The molecule has 0 spiro atoms. The van der Waals surface area contributed by atoms with Crippen LogP contribution in [0, 0.1) is 17.8 Å². The third-order valence-electron chi connectivity index (χ3n) is 4.93. The van der Waals surface area contributed by atoms with Crippen molar-refractivity contribution in [1.82, 2.24) is 5.43 Å². The Morgan fingerprint density at radius 1 is 1.07 bits per heavy atom. The molecule has 2 bridgehead atoms. The van der Waals surface area contributed by atoms with Crippen molar-refractivity contribution in [1.29, 1.82) is 0 Å². The number of nitrogens with zero attached hydrogens (tertiary/aromatic N) is 1. The number of carbonyl (C=O) groups excluding carboxylic acids is 1. The molecule has 0 heterocycles. The smallest absolute Gasteiger partial charge is 0.271 e. The van der Waals surface area contributed by atoms with E-state index in [0.717, 1.165) is 6.42 Å². The first-order chi connectivity index (χ1) is 13.2. The number of hydrazone groups is 1. The van der Waals surface area contributed by atoms with Gasteiger partial charge in [-0.2, -0.15) is 5.10 Å². The zero-order valence-electron chi connectivity index (χ0n) is 16.2. The largest absolute Gasteiger partial charge is 0.490 e. The fourth-order valence-corrected chi connectivity index (χ4v) is 3.77.